The lowest BCUT2D eigenvalue weighted by Crippen LogP contribution is -2.28. The summed E-state index contributed by atoms with van der Waals surface area (Å²) in [6.07, 6.45) is -7.00. The van der Waals surface area contributed by atoms with Crippen molar-refractivity contribution in [3.8, 4) is 23.0 Å². The highest BCUT2D eigenvalue weighted by Gasteiger charge is 2.40. The molecule has 0 aromatic heterocycles. The summed E-state index contributed by atoms with van der Waals surface area (Å²) in [7, 11) is -22.7. The van der Waals surface area contributed by atoms with Gasteiger partial charge < -0.3 is 56.1 Å². The van der Waals surface area contributed by atoms with Crippen LogP contribution in [0.4, 0.5) is 53.5 Å². The molecule has 8 rings (SSSR count). The van der Waals surface area contributed by atoms with Gasteiger partial charge >= 0.3 is 80.6 Å². The third kappa shape index (κ3) is 36.4. The molecular formula is C72H45F7I12N4O36S4-4. The summed E-state index contributed by atoms with van der Waals surface area (Å²) in [5.74, 6) is -9.70. The molecule has 0 saturated carbocycles. The van der Waals surface area contributed by atoms with Crippen LogP contribution in [-0.2, 0) is 59.4 Å². The van der Waals surface area contributed by atoms with Crippen LogP contribution in [-0.4, -0.2) is 167 Å². The van der Waals surface area contributed by atoms with E-state index in [1.54, 1.807) is 24.3 Å². The van der Waals surface area contributed by atoms with Crippen molar-refractivity contribution in [3.63, 3.8) is 0 Å². The van der Waals surface area contributed by atoms with Crippen molar-refractivity contribution in [1.29, 1.82) is 0 Å². The zero-order valence-electron chi connectivity index (χ0n) is 65.4. The molecule has 1 atom stereocenters. The first-order valence-electron chi connectivity index (χ1n) is 35.1. The maximum Gasteiger partial charge on any atom is 0.345 e. The molecule has 0 amide bonds. The number of alkyl halides is 7. The van der Waals surface area contributed by atoms with E-state index in [4.69, 9.17) is 37.9 Å². The number of carbonyl (C=O) groups excluding carboxylic acids is 8. The molecule has 0 radical (unpaired) electrons. The fourth-order valence-electron chi connectivity index (χ4n) is 9.55. The third-order valence-corrected chi connectivity index (χ3v) is 34.3. The van der Waals surface area contributed by atoms with E-state index in [0.29, 0.717) is 14.3 Å². The number of nitro groups is 4. The Labute approximate surface area is 918 Å². The Morgan fingerprint density at radius 3 is 0.815 bits per heavy atom. The summed E-state index contributed by atoms with van der Waals surface area (Å²) in [4.78, 5) is 141. The maximum absolute atomic E-state index is 13.2. The summed E-state index contributed by atoms with van der Waals surface area (Å²) in [6, 6.07) is 24.9. The van der Waals surface area contributed by atoms with Crippen molar-refractivity contribution in [2.75, 3.05) is 26.4 Å². The monoisotopic (exact) mass is 3320 g/mol. The number of rotatable bonds is 36. The van der Waals surface area contributed by atoms with Crippen LogP contribution >= 0.6 is 271 Å². The molecule has 135 heavy (non-hydrogen) atoms. The predicted molar refractivity (Wildman–Crippen MR) is 547 cm³/mol. The van der Waals surface area contributed by atoms with Crippen LogP contribution in [0.25, 0.3) is 0 Å². The number of benzene rings is 8. The minimum atomic E-state index is -5.88. The van der Waals surface area contributed by atoms with Crippen molar-refractivity contribution in [3.05, 3.63) is 249 Å². The predicted octanol–water partition coefficient (Wildman–Crippen LogP) is 18.5. The van der Waals surface area contributed by atoms with Crippen molar-refractivity contribution in [1.82, 2.24) is 0 Å². The number of nitrogens with zero attached hydrogens (tertiary/aromatic N) is 4. The molecule has 1 unspecified atom stereocenters. The van der Waals surface area contributed by atoms with Crippen LogP contribution in [0.2, 0.25) is 0 Å². The second-order valence-corrected chi connectivity index (χ2v) is 45.4. The van der Waals surface area contributed by atoms with E-state index in [9.17, 15) is 161 Å². The maximum atomic E-state index is 13.2. The number of nitro benzene ring substituents is 4. The van der Waals surface area contributed by atoms with Gasteiger partial charge in [0.1, 0.15) is 21.4 Å². The molecule has 0 aliphatic carbocycles. The second-order valence-electron chi connectivity index (χ2n) is 25.5. The van der Waals surface area contributed by atoms with Gasteiger partial charge in [0.05, 0.1) is 85.1 Å². The summed E-state index contributed by atoms with van der Waals surface area (Å²) in [6.45, 7) is -2.46. The average molecular weight is 3330 g/mol. The van der Waals surface area contributed by atoms with E-state index < -0.39 is 246 Å². The second kappa shape index (κ2) is 52.9. The summed E-state index contributed by atoms with van der Waals surface area (Å²) < 4.78 is 266. The molecule has 40 nitrogen and oxygen atoms in total. The van der Waals surface area contributed by atoms with Gasteiger partial charge in [0.2, 0.25) is 17.2 Å². The van der Waals surface area contributed by atoms with Crippen LogP contribution in [0.15, 0.2) is 121 Å². The van der Waals surface area contributed by atoms with E-state index in [2.05, 4.69) is 0 Å². The van der Waals surface area contributed by atoms with E-state index in [1.807, 2.05) is 283 Å². The lowest BCUT2D eigenvalue weighted by atomic mass is 10.1. The lowest BCUT2D eigenvalue weighted by molar-refractivity contribution is -0.385. The topological polar surface area (TPSA) is 612 Å². The Bertz CT molecular complexity index is 6310. The third-order valence-electron chi connectivity index (χ3n) is 16.0. The van der Waals surface area contributed by atoms with Crippen LogP contribution in [0.1, 0.15) is 134 Å². The first-order chi connectivity index (χ1) is 62.2. The molecule has 8 aromatic rings. The highest BCUT2D eigenvalue weighted by Crippen LogP contribution is 2.38. The molecule has 0 heterocycles. The van der Waals surface area contributed by atoms with Gasteiger partial charge in [-0.25, -0.2) is 76.4 Å². The fourth-order valence-corrected chi connectivity index (χ4v) is 20.7. The molecule has 0 aliphatic rings. The summed E-state index contributed by atoms with van der Waals surface area (Å²) in [5, 5.41) is 31.7. The zero-order valence-corrected chi connectivity index (χ0v) is 94.6. The van der Waals surface area contributed by atoms with Gasteiger partial charge in [-0.05, 0) is 376 Å². The van der Waals surface area contributed by atoms with Gasteiger partial charge in [-0.3, -0.25) is 40.5 Å². The van der Waals surface area contributed by atoms with E-state index >= 15 is 0 Å². The molecular weight excluding hydrogens is 3280 g/mol. The first-order valence-corrected chi connectivity index (χ1v) is 53.7. The standard InChI is InChI=1S/3C18H12F2I3NO9S.C18H13FI3NO9S/c19-18(20,34(29,30)31)4-1-5-32-16(25)11-8-10(2-3-14(11)24(27)28)33-17(26)12-6-9(21)7-13(22)15(12)23;2*19-18(20,34(29,30)31)4-1-5-32-16(25)9-2-3-13(24(27)28)14(6-9)33-17(26)11-7-10(21)8-12(22)15(11)23;19-15(33(28,29)30)2-1-5-31-17(24)9-3-4-13(23(26)27)14(6-9)32-18(25)11-7-10(20)8-12(21)16(11)22/h3*2-3,6-8H,1,4-5H2,(H,29,30,31);3-4,6-8,15H,1-2,5H2,(H,28,29,30)/p-4. The lowest BCUT2D eigenvalue weighted by Gasteiger charge is -2.19. The zero-order chi connectivity index (χ0) is 102. The minimum Gasteiger partial charge on any atom is -0.746 e. The molecule has 730 valence electrons. The molecule has 63 heteroatoms. The Hall–Kier alpha value is -4.97. The Morgan fingerprint density at radius 2 is 0.563 bits per heavy atom. The van der Waals surface area contributed by atoms with Gasteiger partial charge in [-0.2, -0.15) is 26.3 Å². The number of ether oxygens (including phenoxy) is 8. The molecule has 8 aromatic carbocycles. The Balaban J connectivity index is 0.000000318. The van der Waals surface area contributed by atoms with Gasteiger partial charge in [-0.15, -0.1) is 0 Å². The number of hydrogen-bond donors (Lipinski definition) is 0. The molecule has 0 fully saturated rings. The summed E-state index contributed by atoms with van der Waals surface area (Å²) >= 11 is 23.8. The minimum absolute atomic E-state index is 0.147. The van der Waals surface area contributed by atoms with Crippen molar-refractivity contribution in [2.45, 2.75) is 72.6 Å². The van der Waals surface area contributed by atoms with E-state index in [0.717, 1.165) is 101 Å². The van der Waals surface area contributed by atoms with Gasteiger partial charge in [0, 0.05) is 111 Å². The highest BCUT2D eigenvalue weighted by molar-refractivity contribution is 14.1. The molecule has 0 saturated heterocycles. The SMILES string of the molecule is O=C(OCCCC(F)(F)S(=O)(=O)[O-])c1cc(OC(=O)c2cc(I)cc(I)c2I)ccc1[N+](=O)[O-].O=C(OCCCC(F)(F)S(=O)(=O)[O-])c1ccc([N+](=O)[O-])c(OC(=O)c2cc(I)cc(I)c2I)c1.O=C(OCCCC(F)(F)S(=O)(=O)[O-])c1ccc([N+](=O)[O-])c(OC(=O)c2cc(I)cc(I)c2I)c1.O=C(OCCCC(F)S(=O)(=O)[O-])c1ccc([N+](=O)[O-])c(OC(=O)c2cc(I)cc(I)c2I)c1. The first kappa shape index (κ1) is 121. The van der Waals surface area contributed by atoms with Gasteiger partial charge in [0.15, 0.2) is 35.9 Å². The van der Waals surface area contributed by atoms with Crippen LogP contribution in [0, 0.1) is 83.3 Å². The summed E-state index contributed by atoms with van der Waals surface area (Å²) in [5.41, 5.74) is -5.78. The Morgan fingerprint density at radius 1 is 0.319 bits per heavy atom. The molecule has 0 bridgehead atoms. The quantitative estimate of drug-likeness (QED) is 0.00336. The Kier molecular flexibility index (Phi) is 47.2. The van der Waals surface area contributed by atoms with Crippen LogP contribution in [0.5, 0.6) is 23.0 Å². The van der Waals surface area contributed by atoms with Crippen LogP contribution < -0.4 is 18.9 Å². The molecule has 0 N–H and O–H groups in total. The highest BCUT2D eigenvalue weighted by atomic mass is 127. The van der Waals surface area contributed by atoms with Crippen molar-refractivity contribution in [2.24, 2.45) is 0 Å². The normalized spacial score (nSPS) is 11.8. The number of carbonyl (C=O) groups is 8. The average Bonchev–Trinajstić information content (AvgIpc) is 0.808. The fraction of sp³-hybridized carbons (Fsp3) is 0.222. The molecule has 0 aliphatic heterocycles. The number of hydrogen-bond acceptors (Lipinski definition) is 36. The number of halogens is 19. The van der Waals surface area contributed by atoms with Gasteiger partial charge in [-0.1, -0.05) is 0 Å². The smallest absolute Gasteiger partial charge is 0.345 e. The van der Waals surface area contributed by atoms with Crippen molar-refractivity contribution < 1.29 is 179 Å². The van der Waals surface area contributed by atoms with E-state index in [1.165, 1.54) is 12.1 Å². The molecule has 0 spiro atoms. The van der Waals surface area contributed by atoms with E-state index in [-0.39, 0.29) is 51.1 Å². The van der Waals surface area contributed by atoms with Crippen LogP contribution in [0.3, 0.4) is 0 Å². The van der Waals surface area contributed by atoms with Crippen molar-refractivity contribution >= 4 is 382 Å². The number of esters is 8. The largest absolute Gasteiger partial charge is 0.746 e. The van der Waals surface area contributed by atoms with Gasteiger partial charge in [0.25, 0.3) is 5.69 Å².